The zero-order valence-electron chi connectivity index (χ0n) is 7.82. The summed E-state index contributed by atoms with van der Waals surface area (Å²) in [6, 6.07) is 0. The van der Waals surface area contributed by atoms with E-state index in [0.29, 0.717) is 0 Å². The van der Waals surface area contributed by atoms with Crippen LogP contribution in [0.1, 0.15) is 6.42 Å². The Bertz CT molecular complexity index is 399. The molecule has 0 bridgehead atoms. The largest absolute Gasteiger partial charge is 0.481 e. The molecule has 0 spiro atoms. The van der Waals surface area contributed by atoms with E-state index in [2.05, 4.69) is 10.5 Å². The van der Waals surface area contributed by atoms with Gasteiger partial charge in [0.1, 0.15) is 0 Å². The van der Waals surface area contributed by atoms with Crippen molar-refractivity contribution in [1.82, 2.24) is 0 Å². The number of hydrogen-bond donors (Lipinski definition) is 3. The SMILES string of the molecule is NC(=O)COC(=O)C(CC(=O)O)S(=O)(=O)O. The molecule has 0 saturated heterocycles. The smallest absolute Gasteiger partial charge is 0.327 e. The van der Waals surface area contributed by atoms with E-state index in [1.54, 1.807) is 0 Å². The lowest BCUT2D eigenvalue weighted by molar-refractivity contribution is -0.149. The quantitative estimate of drug-likeness (QED) is 0.354. The van der Waals surface area contributed by atoms with Crippen LogP contribution in [0.2, 0.25) is 0 Å². The molecule has 16 heavy (non-hydrogen) atoms. The van der Waals surface area contributed by atoms with E-state index in [-0.39, 0.29) is 0 Å². The first-order valence-electron chi connectivity index (χ1n) is 3.77. The number of nitrogens with two attached hydrogens (primary N) is 1. The summed E-state index contributed by atoms with van der Waals surface area (Å²) in [5, 5.41) is 6.02. The Labute approximate surface area is 89.9 Å². The van der Waals surface area contributed by atoms with E-state index < -0.39 is 46.2 Å². The second-order valence-electron chi connectivity index (χ2n) is 2.68. The van der Waals surface area contributed by atoms with Gasteiger partial charge in [-0.25, -0.2) is 0 Å². The number of rotatable bonds is 6. The molecule has 0 aliphatic carbocycles. The number of carboxylic acids is 1. The number of aliphatic carboxylic acids is 1. The molecule has 1 unspecified atom stereocenters. The molecule has 4 N–H and O–H groups in total. The van der Waals surface area contributed by atoms with Crippen LogP contribution in [0.15, 0.2) is 0 Å². The highest BCUT2D eigenvalue weighted by atomic mass is 32.2. The van der Waals surface area contributed by atoms with Crippen LogP contribution in [-0.4, -0.2) is 47.8 Å². The van der Waals surface area contributed by atoms with Crippen molar-refractivity contribution in [3.05, 3.63) is 0 Å². The first-order chi connectivity index (χ1) is 7.14. The van der Waals surface area contributed by atoms with E-state index in [1.807, 2.05) is 0 Å². The molecule has 0 saturated carbocycles. The maximum Gasteiger partial charge on any atom is 0.327 e. The lowest BCUT2D eigenvalue weighted by Crippen LogP contribution is -2.35. The monoisotopic (exact) mass is 255 g/mol. The Morgan fingerprint density at radius 2 is 1.81 bits per heavy atom. The molecule has 92 valence electrons. The number of hydrogen-bond acceptors (Lipinski definition) is 6. The van der Waals surface area contributed by atoms with Crippen LogP contribution in [0.25, 0.3) is 0 Å². The van der Waals surface area contributed by atoms with Gasteiger partial charge in [-0.1, -0.05) is 0 Å². The topological polar surface area (TPSA) is 161 Å². The summed E-state index contributed by atoms with van der Waals surface area (Å²) in [5.41, 5.74) is 4.61. The van der Waals surface area contributed by atoms with E-state index in [1.165, 1.54) is 0 Å². The number of primary amides is 1. The fourth-order valence-corrected chi connectivity index (χ4v) is 1.37. The van der Waals surface area contributed by atoms with Crippen molar-refractivity contribution in [1.29, 1.82) is 0 Å². The predicted molar refractivity (Wildman–Crippen MR) is 47.7 cm³/mol. The Hall–Kier alpha value is -1.68. The number of esters is 1. The van der Waals surface area contributed by atoms with Gasteiger partial charge in [-0.2, -0.15) is 8.42 Å². The van der Waals surface area contributed by atoms with Crippen LogP contribution in [0.5, 0.6) is 0 Å². The molecule has 0 aromatic carbocycles. The number of carbonyl (C=O) groups excluding carboxylic acids is 2. The molecule has 0 fully saturated rings. The summed E-state index contributed by atoms with van der Waals surface area (Å²) in [5.74, 6) is -4.22. The third-order valence-corrected chi connectivity index (χ3v) is 2.42. The van der Waals surface area contributed by atoms with Crippen molar-refractivity contribution >= 4 is 28.0 Å². The van der Waals surface area contributed by atoms with Crippen LogP contribution in [0, 0.1) is 0 Å². The van der Waals surface area contributed by atoms with Gasteiger partial charge in [0.2, 0.25) is 0 Å². The zero-order valence-corrected chi connectivity index (χ0v) is 8.64. The van der Waals surface area contributed by atoms with Crippen molar-refractivity contribution < 1.29 is 37.2 Å². The van der Waals surface area contributed by atoms with Gasteiger partial charge in [0.25, 0.3) is 16.0 Å². The number of carboxylic acid groups (broad SMARTS) is 1. The fraction of sp³-hybridized carbons (Fsp3) is 0.500. The summed E-state index contributed by atoms with van der Waals surface area (Å²) in [7, 11) is -4.91. The normalized spacial score (nSPS) is 12.8. The molecule has 0 heterocycles. The third kappa shape index (κ3) is 5.26. The van der Waals surface area contributed by atoms with E-state index in [9.17, 15) is 22.8 Å². The predicted octanol–water partition coefficient (Wildman–Crippen LogP) is -2.25. The third-order valence-electron chi connectivity index (χ3n) is 1.34. The highest BCUT2D eigenvalue weighted by Gasteiger charge is 2.35. The second-order valence-corrected chi connectivity index (χ2v) is 4.27. The van der Waals surface area contributed by atoms with Crippen molar-refractivity contribution in [2.24, 2.45) is 5.73 Å². The standard InChI is InChI=1S/C6H9NO8S/c7-4(8)2-15-6(11)3(1-5(9)10)16(12,13)14/h3H,1-2H2,(H2,7,8)(H,9,10)(H,12,13,14). The lowest BCUT2D eigenvalue weighted by atomic mass is 10.3. The molecule has 0 aliphatic rings. The van der Waals surface area contributed by atoms with Gasteiger partial charge in [0, 0.05) is 0 Å². The maximum atomic E-state index is 11.0. The van der Waals surface area contributed by atoms with Gasteiger partial charge >= 0.3 is 11.9 Å². The molecular formula is C6H9NO8S. The van der Waals surface area contributed by atoms with Crippen LogP contribution in [0.4, 0.5) is 0 Å². The minimum Gasteiger partial charge on any atom is -0.481 e. The molecular weight excluding hydrogens is 246 g/mol. The fourth-order valence-electron chi connectivity index (χ4n) is 0.704. The van der Waals surface area contributed by atoms with Crippen molar-refractivity contribution in [3.8, 4) is 0 Å². The Kier molecular flexibility index (Phi) is 4.85. The molecule has 9 nitrogen and oxygen atoms in total. The Morgan fingerprint density at radius 1 is 1.31 bits per heavy atom. The average molecular weight is 255 g/mol. The van der Waals surface area contributed by atoms with E-state index in [4.69, 9.17) is 9.66 Å². The minimum atomic E-state index is -4.91. The van der Waals surface area contributed by atoms with Crippen molar-refractivity contribution in [2.45, 2.75) is 11.7 Å². The van der Waals surface area contributed by atoms with Gasteiger partial charge < -0.3 is 15.6 Å². The number of amides is 1. The molecule has 0 rings (SSSR count). The summed E-state index contributed by atoms with van der Waals surface area (Å²) in [6.07, 6.45) is -1.17. The summed E-state index contributed by atoms with van der Waals surface area (Å²) in [4.78, 5) is 31.4. The highest BCUT2D eigenvalue weighted by molar-refractivity contribution is 7.87. The lowest BCUT2D eigenvalue weighted by Gasteiger charge is -2.09. The van der Waals surface area contributed by atoms with Gasteiger partial charge in [-0.15, -0.1) is 0 Å². The van der Waals surface area contributed by atoms with Crippen LogP contribution in [-0.2, 0) is 29.2 Å². The molecule has 0 aliphatic heterocycles. The molecule has 1 atom stereocenters. The van der Waals surface area contributed by atoms with Crippen molar-refractivity contribution in [3.63, 3.8) is 0 Å². The Morgan fingerprint density at radius 3 is 2.12 bits per heavy atom. The summed E-state index contributed by atoms with van der Waals surface area (Å²) < 4.78 is 33.9. The second kappa shape index (κ2) is 5.42. The molecule has 0 radical (unpaired) electrons. The van der Waals surface area contributed by atoms with Gasteiger partial charge in [-0.05, 0) is 0 Å². The summed E-state index contributed by atoms with van der Waals surface area (Å²) >= 11 is 0. The van der Waals surface area contributed by atoms with Crippen LogP contribution < -0.4 is 5.73 Å². The van der Waals surface area contributed by atoms with Gasteiger partial charge in [0.15, 0.2) is 11.9 Å². The molecule has 1 amide bonds. The van der Waals surface area contributed by atoms with Gasteiger partial charge in [0.05, 0.1) is 6.42 Å². The average Bonchev–Trinajstić information content (AvgIpc) is 2.08. The first-order valence-corrected chi connectivity index (χ1v) is 5.28. The molecule has 0 aromatic rings. The zero-order chi connectivity index (χ0) is 12.9. The van der Waals surface area contributed by atoms with Gasteiger partial charge in [-0.3, -0.25) is 18.9 Å². The van der Waals surface area contributed by atoms with E-state index >= 15 is 0 Å². The summed E-state index contributed by atoms with van der Waals surface area (Å²) in [6.45, 7) is -0.898. The Balaban J connectivity index is 4.71. The molecule has 0 aromatic heterocycles. The minimum absolute atomic E-state index is 0.898. The van der Waals surface area contributed by atoms with Crippen molar-refractivity contribution in [2.75, 3.05) is 6.61 Å². The number of ether oxygens (including phenoxy) is 1. The van der Waals surface area contributed by atoms with E-state index in [0.717, 1.165) is 0 Å². The van der Waals surface area contributed by atoms with Crippen LogP contribution in [0.3, 0.4) is 0 Å². The molecule has 10 heteroatoms. The number of carbonyl (C=O) groups is 3. The first kappa shape index (κ1) is 14.3. The highest BCUT2D eigenvalue weighted by Crippen LogP contribution is 2.07. The van der Waals surface area contributed by atoms with Crippen LogP contribution >= 0.6 is 0 Å². The maximum absolute atomic E-state index is 11.0.